The van der Waals surface area contributed by atoms with Crippen LogP contribution in [0.3, 0.4) is 0 Å². The van der Waals surface area contributed by atoms with Crippen molar-refractivity contribution in [3.8, 4) is 0 Å². The van der Waals surface area contributed by atoms with E-state index in [-0.39, 0.29) is 25.1 Å². The molecule has 6 nitrogen and oxygen atoms in total. The number of urea groups is 1. The lowest BCUT2D eigenvalue weighted by Crippen LogP contribution is -2.40. The van der Waals surface area contributed by atoms with Crippen LogP contribution in [0.1, 0.15) is 41.8 Å². The summed E-state index contributed by atoms with van der Waals surface area (Å²) in [5.41, 5.74) is -2.81. The zero-order valence-electron chi connectivity index (χ0n) is 16.7. The molecule has 0 bridgehead atoms. The van der Waals surface area contributed by atoms with Crippen LogP contribution >= 0.6 is 0 Å². The van der Waals surface area contributed by atoms with E-state index in [1.54, 1.807) is 6.92 Å². The van der Waals surface area contributed by atoms with E-state index in [4.69, 9.17) is 4.74 Å². The molecule has 12 heteroatoms. The fourth-order valence-electron chi connectivity index (χ4n) is 2.75. The summed E-state index contributed by atoms with van der Waals surface area (Å²) in [5, 5.41) is 4.58. The molecule has 32 heavy (non-hydrogen) atoms. The zero-order valence-corrected chi connectivity index (χ0v) is 16.7. The molecule has 0 unspecified atom stereocenters. The molecule has 1 aromatic carbocycles. The Bertz CT molecular complexity index is 929. The lowest BCUT2D eigenvalue weighted by atomic mass is 9.98. The lowest BCUT2D eigenvalue weighted by Gasteiger charge is -2.23. The number of esters is 1. The smallest absolute Gasteiger partial charge is 0.418 e. The molecular formula is C20H19F6N3O3. The maximum Gasteiger partial charge on any atom is 0.418 e. The number of alkyl halides is 6. The first-order valence-corrected chi connectivity index (χ1v) is 9.32. The van der Waals surface area contributed by atoms with E-state index in [2.05, 4.69) is 15.6 Å². The number of carbonyl (C=O) groups is 2. The maximum absolute atomic E-state index is 13.5. The SMILES string of the molecule is CCOC(=O)CCNC(=O)N[C@@H](c1ccc(C(F)(F)F)cc1)c1ncccc1C(F)(F)F. The summed E-state index contributed by atoms with van der Waals surface area (Å²) in [5.74, 6) is -0.587. The Morgan fingerprint density at radius 2 is 1.69 bits per heavy atom. The van der Waals surface area contributed by atoms with Gasteiger partial charge in [-0.3, -0.25) is 9.78 Å². The van der Waals surface area contributed by atoms with Crippen LogP contribution in [0.2, 0.25) is 0 Å². The summed E-state index contributed by atoms with van der Waals surface area (Å²) >= 11 is 0. The normalized spacial score (nSPS) is 12.7. The van der Waals surface area contributed by atoms with Crippen LogP contribution in [-0.4, -0.2) is 30.1 Å². The standard InChI is InChI=1S/C20H19F6N3O3/c1-2-32-15(30)9-11-28-18(31)29-16(12-5-7-13(8-6-12)19(21,22)23)17-14(20(24,25)26)4-3-10-27-17/h3-8,10,16H,2,9,11H2,1H3,(H2,28,29,31)/t16-/m0/s1. The van der Waals surface area contributed by atoms with Gasteiger partial charge in [0.05, 0.1) is 35.9 Å². The van der Waals surface area contributed by atoms with Gasteiger partial charge in [0, 0.05) is 12.7 Å². The van der Waals surface area contributed by atoms with Crippen LogP contribution in [0.15, 0.2) is 42.6 Å². The number of rotatable bonds is 7. The molecule has 0 aliphatic rings. The number of hydrogen-bond acceptors (Lipinski definition) is 4. The number of hydrogen-bond donors (Lipinski definition) is 2. The Hall–Kier alpha value is -3.31. The van der Waals surface area contributed by atoms with Crippen molar-refractivity contribution in [2.24, 2.45) is 0 Å². The molecule has 1 atom stereocenters. The Balaban J connectivity index is 2.33. The molecule has 0 aliphatic heterocycles. The molecule has 0 radical (unpaired) electrons. The average Bonchev–Trinajstić information content (AvgIpc) is 2.71. The van der Waals surface area contributed by atoms with Crippen LogP contribution in [0.4, 0.5) is 31.1 Å². The largest absolute Gasteiger partial charge is 0.466 e. The number of amides is 2. The van der Waals surface area contributed by atoms with Crippen molar-refractivity contribution >= 4 is 12.0 Å². The summed E-state index contributed by atoms with van der Waals surface area (Å²) in [6.45, 7) is 1.57. The van der Waals surface area contributed by atoms with Gasteiger partial charge in [0.25, 0.3) is 0 Å². The molecular weight excluding hydrogens is 444 g/mol. The predicted octanol–water partition coefficient (Wildman–Crippen LogP) is 4.46. The van der Waals surface area contributed by atoms with Gasteiger partial charge in [-0.15, -0.1) is 0 Å². The minimum atomic E-state index is -4.82. The molecule has 174 valence electrons. The second-order valence-corrected chi connectivity index (χ2v) is 6.44. The van der Waals surface area contributed by atoms with Gasteiger partial charge in [-0.1, -0.05) is 12.1 Å². The van der Waals surface area contributed by atoms with Crippen molar-refractivity contribution in [2.75, 3.05) is 13.2 Å². The molecule has 0 saturated heterocycles. The van der Waals surface area contributed by atoms with Crippen molar-refractivity contribution in [1.82, 2.24) is 15.6 Å². The molecule has 0 aliphatic carbocycles. The quantitative estimate of drug-likeness (QED) is 0.470. The number of nitrogens with one attached hydrogen (secondary N) is 2. The number of halogens is 6. The van der Waals surface area contributed by atoms with Crippen molar-refractivity contribution in [3.63, 3.8) is 0 Å². The summed E-state index contributed by atoms with van der Waals surface area (Å²) in [6, 6.07) is 2.64. The van der Waals surface area contributed by atoms with Crippen LogP contribution in [0, 0.1) is 0 Å². The van der Waals surface area contributed by atoms with E-state index in [9.17, 15) is 35.9 Å². The molecule has 2 amide bonds. The number of benzene rings is 1. The summed E-state index contributed by atoms with van der Waals surface area (Å²) in [6.07, 6.45) is -8.57. The van der Waals surface area contributed by atoms with Gasteiger partial charge in [0.15, 0.2) is 0 Å². The fourth-order valence-corrected chi connectivity index (χ4v) is 2.75. The van der Waals surface area contributed by atoms with Crippen LogP contribution in [0.5, 0.6) is 0 Å². The summed E-state index contributed by atoms with van der Waals surface area (Å²) in [7, 11) is 0. The third-order valence-electron chi connectivity index (χ3n) is 4.18. The van der Waals surface area contributed by atoms with E-state index in [0.717, 1.165) is 30.5 Å². The van der Waals surface area contributed by atoms with E-state index < -0.39 is 47.2 Å². The van der Waals surface area contributed by atoms with E-state index in [1.807, 2.05) is 0 Å². The molecule has 0 saturated carbocycles. The number of pyridine rings is 1. The van der Waals surface area contributed by atoms with Gasteiger partial charge >= 0.3 is 24.4 Å². The molecule has 0 fully saturated rings. The average molecular weight is 463 g/mol. The minimum Gasteiger partial charge on any atom is -0.466 e. The number of nitrogens with zero attached hydrogens (tertiary/aromatic N) is 1. The molecule has 2 rings (SSSR count). The van der Waals surface area contributed by atoms with Crippen LogP contribution in [0.25, 0.3) is 0 Å². The highest BCUT2D eigenvalue weighted by atomic mass is 19.4. The van der Waals surface area contributed by atoms with E-state index in [0.29, 0.717) is 12.1 Å². The van der Waals surface area contributed by atoms with Crippen molar-refractivity contribution in [2.45, 2.75) is 31.7 Å². The zero-order chi connectivity index (χ0) is 23.9. The Morgan fingerprint density at radius 3 is 2.25 bits per heavy atom. The Labute approximate surface area is 179 Å². The number of aromatic nitrogens is 1. The first-order chi connectivity index (χ1) is 14.9. The summed E-state index contributed by atoms with van der Waals surface area (Å²) in [4.78, 5) is 27.3. The first kappa shape index (κ1) is 25.0. The van der Waals surface area contributed by atoms with E-state index >= 15 is 0 Å². The molecule has 2 N–H and O–H groups in total. The van der Waals surface area contributed by atoms with Gasteiger partial charge in [0.1, 0.15) is 0 Å². The maximum atomic E-state index is 13.5. The van der Waals surface area contributed by atoms with Gasteiger partial charge < -0.3 is 15.4 Å². The first-order valence-electron chi connectivity index (χ1n) is 9.32. The topological polar surface area (TPSA) is 80.3 Å². The Morgan fingerprint density at radius 1 is 1.03 bits per heavy atom. The minimum absolute atomic E-state index is 0.0530. The highest BCUT2D eigenvalue weighted by Gasteiger charge is 2.37. The molecule has 1 heterocycles. The number of ether oxygens (including phenoxy) is 1. The second-order valence-electron chi connectivity index (χ2n) is 6.44. The third-order valence-corrected chi connectivity index (χ3v) is 4.18. The fraction of sp³-hybridized carbons (Fsp3) is 0.350. The van der Waals surface area contributed by atoms with Gasteiger partial charge in [-0.05, 0) is 36.8 Å². The predicted molar refractivity (Wildman–Crippen MR) is 100 cm³/mol. The van der Waals surface area contributed by atoms with Crippen molar-refractivity contribution in [3.05, 3.63) is 65.0 Å². The lowest BCUT2D eigenvalue weighted by molar-refractivity contribution is -0.143. The monoisotopic (exact) mass is 463 g/mol. The van der Waals surface area contributed by atoms with Crippen LogP contribution < -0.4 is 10.6 Å². The highest BCUT2D eigenvalue weighted by Crippen LogP contribution is 2.36. The van der Waals surface area contributed by atoms with Crippen LogP contribution in [-0.2, 0) is 21.9 Å². The van der Waals surface area contributed by atoms with Gasteiger partial charge in [0.2, 0.25) is 0 Å². The van der Waals surface area contributed by atoms with E-state index in [1.165, 1.54) is 0 Å². The summed E-state index contributed by atoms with van der Waals surface area (Å²) < 4.78 is 83.7. The second kappa shape index (κ2) is 10.3. The molecule has 2 aromatic rings. The third kappa shape index (κ3) is 6.86. The van der Waals surface area contributed by atoms with Crippen molar-refractivity contribution in [1.29, 1.82) is 0 Å². The van der Waals surface area contributed by atoms with Gasteiger partial charge in [-0.25, -0.2) is 4.79 Å². The molecule has 0 spiro atoms. The van der Waals surface area contributed by atoms with Crippen molar-refractivity contribution < 1.29 is 40.7 Å². The number of carbonyl (C=O) groups excluding carboxylic acids is 2. The van der Waals surface area contributed by atoms with Gasteiger partial charge in [-0.2, -0.15) is 26.3 Å². The Kier molecular flexibility index (Phi) is 8.06. The highest BCUT2D eigenvalue weighted by molar-refractivity contribution is 5.76. The molecule has 1 aromatic heterocycles.